The molecule has 0 aliphatic carbocycles. The fourth-order valence-electron chi connectivity index (χ4n) is 3.00. The van der Waals surface area contributed by atoms with Gasteiger partial charge in [-0.2, -0.15) is 22.8 Å². The van der Waals surface area contributed by atoms with Crippen LogP contribution in [0.1, 0.15) is 22.5 Å². The van der Waals surface area contributed by atoms with Crippen LogP contribution in [-0.4, -0.2) is 48.8 Å². The van der Waals surface area contributed by atoms with Crippen LogP contribution in [0.15, 0.2) is 55.0 Å². The second-order valence-corrected chi connectivity index (χ2v) is 6.80. The number of carbonyl (C=O) groups is 1. The van der Waals surface area contributed by atoms with Crippen LogP contribution in [0, 0.1) is 0 Å². The average Bonchev–Trinajstić information content (AvgIpc) is 3.21. The number of amides is 1. The zero-order valence-electron chi connectivity index (χ0n) is 17.0. The van der Waals surface area contributed by atoms with Crippen LogP contribution < -0.4 is 10.1 Å². The van der Waals surface area contributed by atoms with Crippen molar-refractivity contribution >= 4 is 17.4 Å². The summed E-state index contributed by atoms with van der Waals surface area (Å²) in [6.45, 7) is 0.153. The number of imidazole rings is 1. The summed E-state index contributed by atoms with van der Waals surface area (Å²) in [5.41, 5.74) is -0.592. The number of rotatable bonds is 7. The highest BCUT2D eigenvalue weighted by Crippen LogP contribution is 2.36. The van der Waals surface area contributed by atoms with Crippen molar-refractivity contribution in [2.24, 2.45) is 0 Å². The Hall–Kier alpha value is -4.06. The molecule has 4 aromatic rings. The highest BCUT2D eigenvalue weighted by molar-refractivity contribution is 6.02. The summed E-state index contributed by atoms with van der Waals surface area (Å²) in [6, 6.07) is 8.02. The molecule has 0 spiro atoms. The third-order valence-electron chi connectivity index (χ3n) is 4.51. The first-order valence-electron chi connectivity index (χ1n) is 9.75. The lowest BCUT2D eigenvalue weighted by Crippen LogP contribution is -2.16. The first kappa shape index (κ1) is 22.1. The van der Waals surface area contributed by atoms with E-state index in [0.29, 0.717) is 12.1 Å². The van der Waals surface area contributed by atoms with Crippen molar-refractivity contribution in [3.05, 3.63) is 66.2 Å². The Bertz CT molecular complexity index is 1290. The number of carbonyl (C=O) groups excluding carboxylic acids is 1. The molecular formula is C21H17F3N6O3. The molecule has 0 unspecified atom stereocenters. The number of hydrogen-bond donors (Lipinski definition) is 2. The minimum Gasteiger partial charge on any atom is -0.476 e. The van der Waals surface area contributed by atoms with Crippen molar-refractivity contribution in [2.75, 3.05) is 18.5 Å². The van der Waals surface area contributed by atoms with Gasteiger partial charge in [0, 0.05) is 18.6 Å². The molecule has 1 aromatic carbocycles. The van der Waals surface area contributed by atoms with E-state index in [9.17, 15) is 18.0 Å². The number of hydrogen-bond acceptors (Lipinski definition) is 7. The van der Waals surface area contributed by atoms with Crippen LogP contribution in [0.3, 0.4) is 0 Å². The normalized spacial score (nSPS) is 11.5. The minimum atomic E-state index is -4.55. The summed E-state index contributed by atoms with van der Waals surface area (Å²) in [5, 5.41) is 15.6. The number of nitrogens with zero attached hydrogens (tertiary/aromatic N) is 5. The molecule has 0 saturated heterocycles. The van der Waals surface area contributed by atoms with Gasteiger partial charge in [-0.3, -0.25) is 9.78 Å². The van der Waals surface area contributed by atoms with Crippen LogP contribution >= 0.6 is 0 Å². The number of benzene rings is 1. The van der Waals surface area contributed by atoms with Gasteiger partial charge in [0.15, 0.2) is 17.2 Å². The molecule has 33 heavy (non-hydrogen) atoms. The average molecular weight is 458 g/mol. The molecule has 0 aliphatic heterocycles. The Morgan fingerprint density at radius 2 is 1.94 bits per heavy atom. The summed E-state index contributed by atoms with van der Waals surface area (Å²) in [5.74, 6) is -0.395. The molecule has 0 atom stereocenters. The van der Waals surface area contributed by atoms with Gasteiger partial charge in [-0.1, -0.05) is 18.2 Å². The van der Waals surface area contributed by atoms with Crippen LogP contribution in [0.25, 0.3) is 16.9 Å². The number of aromatic nitrogens is 5. The molecule has 0 aliphatic rings. The van der Waals surface area contributed by atoms with Gasteiger partial charge in [0.2, 0.25) is 5.88 Å². The smallest absolute Gasteiger partial charge is 0.417 e. The van der Waals surface area contributed by atoms with E-state index >= 15 is 0 Å². The summed E-state index contributed by atoms with van der Waals surface area (Å²) in [7, 11) is 0. The van der Waals surface area contributed by atoms with Gasteiger partial charge in [0.25, 0.3) is 5.91 Å². The third-order valence-corrected chi connectivity index (χ3v) is 4.51. The molecule has 1 amide bonds. The van der Waals surface area contributed by atoms with Gasteiger partial charge in [0.1, 0.15) is 0 Å². The summed E-state index contributed by atoms with van der Waals surface area (Å²) in [4.78, 5) is 24.7. The lowest BCUT2D eigenvalue weighted by atomic mass is 10.0. The molecule has 170 valence electrons. The molecule has 0 radical (unpaired) electrons. The van der Waals surface area contributed by atoms with E-state index in [1.165, 1.54) is 53.4 Å². The van der Waals surface area contributed by atoms with Gasteiger partial charge < -0.3 is 15.2 Å². The Morgan fingerprint density at radius 3 is 2.73 bits per heavy atom. The molecule has 2 N–H and O–H groups in total. The minimum absolute atomic E-state index is 0.0509. The van der Waals surface area contributed by atoms with E-state index in [1.54, 1.807) is 0 Å². The topological polar surface area (TPSA) is 115 Å². The van der Waals surface area contributed by atoms with Crippen molar-refractivity contribution in [1.29, 1.82) is 0 Å². The fourth-order valence-corrected chi connectivity index (χ4v) is 3.00. The highest BCUT2D eigenvalue weighted by Gasteiger charge is 2.33. The maximum Gasteiger partial charge on any atom is 0.417 e. The molecule has 4 rings (SSSR count). The number of aliphatic hydroxyl groups excluding tert-OH is 1. The molecular weight excluding hydrogens is 441 g/mol. The van der Waals surface area contributed by atoms with Crippen LogP contribution in [0.2, 0.25) is 0 Å². The van der Waals surface area contributed by atoms with E-state index in [1.807, 2.05) is 0 Å². The lowest BCUT2D eigenvalue weighted by Gasteiger charge is -2.12. The summed E-state index contributed by atoms with van der Waals surface area (Å²) < 4.78 is 46.8. The Labute approximate surface area is 184 Å². The van der Waals surface area contributed by atoms with Crippen molar-refractivity contribution in [1.82, 2.24) is 24.6 Å². The fraction of sp³-hybridized carbons (Fsp3) is 0.190. The second kappa shape index (κ2) is 9.20. The number of nitrogens with one attached hydrogen (secondary N) is 1. The molecule has 9 nitrogen and oxygen atoms in total. The standard InChI is InChI=1S/C21H17F3N6O3/c22-21(23,24)14-5-2-1-4-13(14)15-6-7-17-26-11-18(30(17)29-15)28-20(32)16-10-25-12-19(27-16)33-9-3-8-31/h1-2,4-7,10-12,31H,3,8-9H2,(H,28,32). The maximum atomic E-state index is 13.4. The first-order valence-corrected chi connectivity index (χ1v) is 9.75. The van der Waals surface area contributed by atoms with Gasteiger partial charge in [0.05, 0.1) is 36.5 Å². The molecule has 0 fully saturated rings. The Morgan fingerprint density at radius 1 is 1.12 bits per heavy atom. The third kappa shape index (κ3) is 4.90. The van der Waals surface area contributed by atoms with E-state index < -0.39 is 17.6 Å². The highest BCUT2D eigenvalue weighted by atomic mass is 19.4. The van der Waals surface area contributed by atoms with E-state index in [4.69, 9.17) is 9.84 Å². The van der Waals surface area contributed by atoms with Gasteiger partial charge in [-0.25, -0.2) is 9.97 Å². The molecule has 0 bridgehead atoms. The SMILES string of the molecule is O=C(Nc1cnc2ccc(-c3ccccc3C(F)(F)F)nn12)c1cncc(OCCCO)n1. The van der Waals surface area contributed by atoms with Crippen molar-refractivity contribution in [3.63, 3.8) is 0 Å². The van der Waals surface area contributed by atoms with Crippen LogP contribution in [0.5, 0.6) is 5.88 Å². The van der Waals surface area contributed by atoms with E-state index in [0.717, 1.165) is 6.07 Å². The molecule has 3 heterocycles. The first-order chi connectivity index (χ1) is 15.9. The predicted octanol–water partition coefficient (Wildman–Crippen LogP) is 3.22. The lowest BCUT2D eigenvalue weighted by molar-refractivity contribution is -0.137. The monoisotopic (exact) mass is 458 g/mol. The van der Waals surface area contributed by atoms with Gasteiger partial charge in [-0.05, 0) is 18.2 Å². The van der Waals surface area contributed by atoms with Gasteiger partial charge >= 0.3 is 6.18 Å². The quantitative estimate of drug-likeness (QED) is 0.409. The van der Waals surface area contributed by atoms with E-state index in [2.05, 4.69) is 25.4 Å². The Balaban J connectivity index is 1.62. The second-order valence-electron chi connectivity index (χ2n) is 6.80. The maximum absolute atomic E-state index is 13.4. The zero-order chi connectivity index (χ0) is 23.4. The molecule has 12 heteroatoms. The Kier molecular flexibility index (Phi) is 6.18. The summed E-state index contributed by atoms with van der Waals surface area (Å²) >= 11 is 0. The van der Waals surface area contributed by atoms with Crippen molar-refractivity contribution < 1.29 is 27.8 Å². The zero-order valence-corrected chi connectivity index (χ0v) is 17.0. The number of anilines is 1. The van der Waals surface area contributed by atoms with Crippen LogP contribution in [-0.2, 0) is 6.18 Å². The number of ether oxygens (including phenoxy) is 1. The number of fused-ring (bicyclic) bond motifs is 1. The van der Waals surface area contributed by atoms with Crippen molar-refractivity contribution in [3.8, 4) is 17.1 Å². The van der Waals surface area contributed by atoms with E-state index in [-0.39, 0.29) is 41.9 Å². The summed E-state index contributed by atoms with van der Waals surface area (Å²) in [6.07, 6.45) is -0.271. The number of halogens is 3. The number of aliphatic hydroxyl groups is 1. The molecule has 0 saturated carbocycles. The van der Waals surface area contributed by atoms with Crippen LogP contribution in [0.4, 0.5) is 19.0 Å². The number of alkyl halides is 3. The predicted molar refractivity (Wildman–Crippen MR) is 111 cm³/mol. The van der Waals surface area contributed by atoms with Gasteiger partial charge in [-0.15, -0.1) is 0 Å². The molecule has 3 aromatic heterocycles. The van der Waals surface area contributed by atoms with Crippen molar-refractivity contribution in [2.45, 2.75) is 12.6 Å². The largest absolute Gasteiger partial charge is 0.476 e.